The number of nitro groups is 1. The highest BCUT2D eigenvalue weighted by molar-refractivity contribution is 5.99. The van der Waals surface area contributed by atoms with E-state index in [-0.39, 0.29) is 24.3 Å². The van der Waals surface area contributed by atoms with Gasteiger partial charge in [0.15, 0.2) is 0 Å². The van der Waals surface area contributed by atoms with Crippen molar-refractivity contribution in [2.45, 2.75) is 19.9 Å². The lowest BCUT2D eigenvalue weighted by molar-refractivity contribution is -0.383. The van der Waals surface area contributed by atoms with Crippen molar-refractivity contribution >= 4 is 22.1 Å². The van der Waals surface area contributed by atoms with Crippen LogP contribution < -0.4 is 5.32 Å². The third-order valence-electron chi connectivity index (χ3n) is 3.33. The first-order valence-electron chi connectivity index (χ1n) is 6.43. The lowest BCUT2D eigenvalue weighted by Gasteiger charge is -2.22. The molecule has 0 saturated heterocycles. The number of fused-ring (bicyclic) bond motifs is 1. The minimum atomic E-state index is -0.417. The molecule has 0 aliphatic carbocycles. The van der Waals surface area contributed by atoms with Crippen molar-refractivity contribution in [1.82, 2.24) is 4.98 Å². The summed E-state index contributed by atoms with van der Waals surface area (Å²) in [7, 11) is 0. The molecule has 1 atom stereocenters. The molecule has 1 aromatic carbocycles. The smallest absolute Gasteiger partial charge is 0.278 e. The van der Waals surface area contributed by atoms with Gasteiger partial charge in [0, 0.05) is 29.5 Å². The van der Waals surface area contributed by atoms with Crippen LogP contribution in [0.4, 0.5) is 11.4 Å². The summed E-state index contributed by atoms with van der Waals surface area (Å²) in [5.41, 5.74) is 0.796. The van der Waals surface area contributed by atoms with Crippen molar-refractivity contribution < 1.29 is 10.0 Å². The van der Waals surface area contributed by atoms with Gasteiger partial charge in [-0.25, -0.2) is 0 Å². The minimum Gasteiger partial charge on any atom is -0.394 e. The van der Waals surface area contributed by atoms with Crippen molar-refractivity contribution in [3.05, 3.63) is 40.7 Å². The zero-order chi connectivity index (χ0) is 14.7. The van der Waals surface area contributed by atoms with Crippen LogP contribution in [0.15, 0.2) is 30.6 Å². The minimum absolute atomic E-state index is 0.00122. The number of pyridine rings is 1. The van der Waals surface area contributed by atoms with E-state index in [4.69, 9.17) is 0 Å². The lowest BCUT2D eigenvalue weighted by Crippen LogP contribution is -2.29. The Morgan fingerprint density at radius 1 is 1.35 bits per heavy atom. The molecule has 2 N–H and O–H groups in total. The average molecular weight is 275 g/mol. The van der Waals surface area contributed by atoms with Gasteiger partial charge in [0.2, 0.25) is 0 Å². The van der Waals surface area contributed by atoms with Gasteiger partial charge in [0.05, 0.1) is 23.0 Å². The number of nitrogens with one attached hydrogen (secondary N) is 1. The van der Waals surface area contributed by atoms with E-state index in [2.05, 4.69) is 10.3 Å². The van der Waals surface area contributed by atoms with Crippen molar-refractivity contribution in [3.8, 4) is 0 Å². The molecule has 0 aliphatic heterocycles. The molecular weight excluding hydrogens is 258 g/mol. The van der Waals surface area contributed by atoms with Gasteiger partial charge in [-0.3, -0.25) is 15.1 Å². The summed E-state index contributed by atoms with van der Waals surface area (Å²) >= 11 is 0. The predicted molar refractivity (Wildman–Crippen MR) is 77.7 cm³/mol. The summed E-state index contributed by atoms with van der Waals surface area (Å²) in [6.07, 6.45) is 3.09. The first-order chi connectivity index (χ1) is 9.54. The van der Waals surface area contributed by atoms with Crippen LogP contribution in [0, 0.1) is 16.0 Å². The fourth-order valence-corrected chi connectivity index (χ4v) is 2.08. The van der Waals surface area contributed by atoms with Gasteiger partial charge in [-0.1, -0.05) is 13.8 Å². The van der Waals surface area contributed by atoms with Gasteiger partial charge in [-0.2, -0.15) is 0 Å². The van der Waals surface area contributed by atoms with Gasteiger partial charge in [0.25, 0.3) is 5.69 Å². The number of nitro benzene ring substituents is 1. The van der Waals surface area contributed by atoms with Crippen LogP contribution in [0.2, 0.25) is 0 Å². The largest absolute Gasteiger partial charge is 0.394 e. The summed E-state index contributed by atoms with van der Waals surface area (Å²) < 4.78 is 0. The molecule has 2 rings (SSSR count). The molecule has 6 nitrogen and oxygen atoms in total. The Balaban J connectivity index is 2.50. The van der Waals surface area contributed by atoms with Crippen LogP contribution in [0.5, 0.6) is 0 Å². The van der Waals surface area contributed by atoms with Crippen molar-refractivity contribution in [2.75, 3.05) is 11.9 Å². The molecule has 1 heterocycles. The molecule has 0 aliphatic rings. The Bertz CT molecular complexity index is 628. The fraction of sp³-hybridized carbons (Fsp3) is 0.357. The molecule has 0 radical (unpaired) electrons. The Kier molecular flexibility index (Phi) is 4.14. The summed E-state index contributed by atoms with van der Waals surface area (Å²) in [5.74, 6) is 0.243. The van der Waals surface area contributed by atoms with Gasteiger partial charge < -0.3 is 10.4 Å². The zero-order valence-corrected chi connectivity index (χ0v) is 11.4. The maximum atomic E-state index is 11.0. The topological polar surface area (TPSA) is 88.3 Å². The molecule has 0 bridgehead atoms. The van der Waals surface area contributed by atoms with Crippen LogP contribution in [0.3, 0.4) is 0 Å². The van der Waals surface area contributed by atoms with Crippen LogP contribution in [0.1, 0.15) is 13.8 Å². The van der Waals surface area contributed by atoms with Gasteiger partial charge in [-0.05, 0) is 18.1 Å². The van der Waals surface area contributed by atoms with Crippen LogP contribution in [-0.4, -0.2) is 27.7 Å². The molecule has 106 valence electrons. The molecule has 6 heteroatoms. The van der Waals surface area contributed by atoms with Crippen molar-refractivity contribution in [3.63, 3.8) is 0 Å². The van der Waals surface area contributed by atoms with E-state index in [1.54, 1.807) is 18.3 Å². The Morgan fingerprint density at radius 3 is 2.70 bits per heavy atom. The second kappa shape index (κ2) is 5.83. The molecule has 0 amide bonds. The fourth-order valence-electron chi connectivity index (χ4n) is 2.08. The van der Waals surface area contributed by atoms with Gasteiger partial charge >= 0.3 is 0 Å². The molecule has 2 aromatic rings. The Labute approximate surface area is 116 Å². The second-order valence-electron chi connectivity index (χ2n) is 4.99. The lowest BCUT2D eigenvalue weighted by atomic mass is 10.0. The van der Waals surface area contributed by atoms with E-state index in [0.717, 1.165) is 11.1 Å². The summed E-state index contributed by atoms with van der Waals surface area (Å²) in [5, 5.41) is 24.9. The normalized spacial score (nSPS) is 12.6. The number of anilines is 1. The van der Waals surface area contributed by atoms with Gasteiger partial charge in [-0.15, -0.1) is 0 Å². The van der Waals surface area contributed by atoms with Crippen molar-refractivity contribution in [1.29, 1.82) is 0 Å². The summed E-state index contributed by atoms with van der Waals surface area (Å²) in [4.78, 5) is 14.6. The average Bonchev–Trinajstić information content (AvgIpc) is 2.43. The maximum absolute atomic E-state index is 11.0. The van der Waals surface area contributed by atoms with Crippen LogP contribution in [-0.2, 0) is 0 Å². The number of non-ortho nitro benzene ring substituents is 1. The standard InChI is InChI=1S/C14H17N3O3/c1-9(2)13(8-18)16-12-3-4-14(17(19)20)11-7-15-6-5-10(11)12/h3-7,9,13,16,18H,8H2,1-2H3/t13-/m1/s1. The number of aliphatic hydroxyl groups is 1. The molecule has 1 aromatic heterocycles. The zero-order valence-electron chi connectivity index (χ0n) is 11.4. The van der Waals surface area contributed by atoms with Crippen molar-refractivity contribution in [2.24, 2.45) is 5.92 Å². The maximum Gasteiger partial charge on any atom is 0.278 e. The summed E-state index contributed by atoms with van der Waals surface area (Å²) in [6, 6.07) is 4.76. The molecule has 0 spiro atoms. The number of aliphatic hydroxyl groups excluding tert-OH is 1. The Hall–Kier alpha value is -2.21. The van der Waals surface area contributed by atoms with E-state index >= 15 is 0 Å². The number of aromatic nitrogens is 1. The van der Waals surface area contributed by atoms with E-state index < -0.39 is 4.92 Å². The quantitative estimate of drug-likeness (QED) is 0.646. The second-order valence-corrected chi connectivity index (χ2v) is 4.99. The van der Waals surface area contributed by atoms with E-state index in [1.807, 2.05) is 13.8 Å². The molecule has 20 heavy (non-hydrogen) atoms. The predicted octanol–water partition coefficient (Wildman–Crippen LogP) is 2.57. The molecule has 0 saturated carbocycles. The van der Waals surface area contributed by atoms with Gasteiger partial charge in [0.1, 0.15) is 0 Å². The highest BCUT2D eigenvalue weighted by Crippen LogP contribution is 2.31. The Morgan fingerprint density at radius 2 is 2.10 bits per heavy atom. The molecule has 0 fully saturated rings. The van der Waals surface area contributed by atoms with Crippen LogP contribution >= 0.6 is 0 Å². The highest BCUT2D eigenvalue weighted by Gasteiger charge is 2.17. The number of hydrogen-bond acceptors (Lipinski definition) is 5. The van der Waals surface area contributed by atoms with E-state index in [0.29, 0.717) is 5.39 Å². The summed E-state index contributed by atoms with van der Waals surface area (Å²) in [6.45, 7) is 4.01. The number of benzene rings is 1. The van der Waals surface area contributed by atoms with E-state index in [1.165, 1.54) is 12.3 Å². The number of rotatable bonds is 5. The highest BCUT2D eigenvalue weighted by atomic mass is 16.6. The van der Waals surface area contributed by atoms with Crippen LogP contribution in [0.25, 0.3) is 10.8 Å². The molecule has 0 unspecified atom stereocenters. The third kappa shape index (κ3) is 2.70. The number of hydrogen-bond donors (Lipinski definition) is 2. The number of nitrogens with zero attached hydrogens (tertiary/aromatic N) is 2. The first kappa shape index (κ1) is 14.2. The molecular formula is C14H17N3O3. The first-order valence-corrected chi connectivity index (χ1v) is 6.43. The SMILES string of the molecule is CC(C)[C@@H](CO)Nc1ccc([N+](=O)[O-])c2cnccc12. The monoisotopic (exact) mass is 275 g/mol. The third-order valence-corrected chi connectivity index (χ3v) is 3.33. The van der Waals surface area contributed by atoms with E-state index in [9.17, 15) is 15.2 Å².